The highest BCUT2D eigenvalue weighted by Crippen LogP contribution is 2.37. The smallest absolute Gasteiger partial charge is 0.265 e. The zero-order valence-corrected chi connectivity index (χ0v) is 18.6. The number of hydrogen-bond donors (Lipinski definition) is 1. The van der Waals surface area contributed by atoms with Crippen LogP contribution < -0.4 is 14.2 Å². The maximum absolute atomic E-state index is 13.0. The van der Waals surface area contributed by atoms with Crippen molar-refractivity contribution in [3.8, 4) is 11.5 Å². The number of carbonyl (C=O) groups excluding carboxylic acids is 1. The van der Waals surface area contributed by atoms with Crippen molar-refractivity contribution in [1.82, 2.24) is 5.16 Å². The third-order valence-corrected chi connectivity index (χ3v) is 7.43. The van der Waals surface area contributed by atoms with E-state index in [1.54, 1.807) is 25.3 Å². The standard InChI is InChI=1S/C19H17ClN2O6S2/c1-9-6-14-15(27-11(3)26-14)8-12(9)7-13(23)18-16(4-5-29-18)30(24,25)22-19-17(20)10(2)21-28-19/h4-6,8,11,22H,7H2,1-3H3. The van der Waals surface area contributed by atoms with Gasteiger partial charge in [0.1, 0.15) is 15.6 Å². The van der Waals surface area contributed by atoms with Crippen molar-refractivity contribution < 1.29 is 27.2 Å². The monoisotopic (exact) mass is 468 g/mol. The van der Waals surface area contributed by atoms with Crippen LogP contribution in [0.25, 0.3) is 0 Å². The number of aromatic nitrogens is 1. The Hall–Kier alpha value is -2.56. The fourth-order valence-electron chi connectivity index (χ4n) is 3.02. The highest BCUT2D eigenvalue weighted by atomic mass is 35.5. The SMILES string of the molecule is Cc1cc2c(cc1CC(=O)c1sccc1S(=O)(=O)Nc1onc(C)c1Cl)OC(C)O2. The molecule has 3 aromatic rings. The van der Waals surface area contributed by atoms with Crippen molar-refractivity contribution in [1.29, 1.82) is 0 Å². The molecule has 158 valence electrons. The lowest BCUT2D eigenvalue weighted by molar-refractivity contribution is 0.0678. The van der Waals surface area contributed by atoms with E-state index in [1.165, 1.54) is 6.07 Å². The second-order valence-corrected chi connectivity index (χ2v) is 9.70. The second kappa shape index (κ2) is 7.60. The zero-order valence-electron chi connectivity index (χ0n) is 16.2. The van der Waals surface area contributed by atoms with Crippen LogP contribution in [0.5, 0.6) is 11.5 Å². The predicted octanol–water partition coefficient (Wildman–Crippen LogP) is 4.35. The average Bonchev–Trinajstić information content (AvgIpc) is 3.37. The van der Waals surface area contributed by atoms with Crippen molar-refractivity contribution in [2.24, 2.45) is 0 Å². The number of rotatable bonds is 6. The Morgan fingerprint density at radius 3 is 2.63 bits per heavy atom. The maximum atomic E-state index is 13.0. The van der Waals surface area contributed by atoms with Crippen LogP contribution in [-0.2, 0) is 16.4 Å². The van der Waals surface area contributed by atoms with Crippen LogP contribution in [0.4, 0.5) is 5.88 Å². The minimum Gasteiger partial charge on any atom is -0.451 e. The molecule has 1 N–H and O–H groups in total. The van der Waals surface area contributed by atoms with Crippen molar-refractivity contribution in [3.05, 3.63) is 50.3 Å². The molecule has 0 spiro atoms. The summed E-state index contributed by atoms with van der Waals surface area (Å²) in [4.78, 5) is 12.9. The van der Waals surface area contributed by atoms with Gasteiger partial charge in [-0.1, -0.05) is 16.8 Å². The minimum absolute atomic E-state index is 0.0159. The molecule has 8 nitrogen and oxygen atoms in total. The summed E-state index contributed by atoms with van der Waals surface area (Å²) in [5, 5.41) is 5.23. The van der Waals surface area contributed by atoms with Crippen molar-refractivity contribution >= 4 is 44.6 Å². The molecule has 0 saturated carbocycles. The number of Topliss-reactive ketones (excluding diaryl/α,β-unsaturated/α-hetero) is 1. The van der Waals surface area contributed by atoms with Gasteiger partial charge in [-0.2, -0.15) is 0 Å². The lowest BCUT2D eigenvalue weighted by Crippen LogP contribution is -2.16. The van der Waals surface area contributed by atoms with E-state index in [4.69, 9.17) is 25.6 Å². The molecular formula is C19H17ClN2O6S2. The van der Waals surface area contributed by atoms with Crippen LogP contribution in [0, 0.1) is 13.8 Å². The lowest BCUT2D eigenvalue weighted by Gasteiger charge is -2.09. The van der Waals surface area contributed by atoms with Crippen molar-refractivity contribution in [2.45, 2.75) is 38.4 Å². The number of nitrogens with zero attached hydrogens (tertiary/aromatic N) is 1. The number of sulfonamides is 1. The maximum Gasteiger partial charge on any atom is 0.265 e. The van der Waals surface area contributed by atoms with Gasteiger partial charge in [-0.15, -0.1) is 11.3 Å². The summed E-state index contributed by atoms with van der Waals surface area (Å²) in [5.74, 6) is 0.658. The van der Waals surface area contributed by atoms with Gasteiger partial charge in [0.15, 0.2) is 17.3 Å². The first kappa shape index (κ1) is 20.7. The van der Waals surface area contributed by atoms with Gasteiger partial charge in [0, 0.05) is 13.3 Å². The molecule has 3 heterocycles. The van der Waals surface area contributed by atoms with E-state index in [0.29, 0.717) is 17.2 Å². The summed E-state index contributed by atoms with van der Waals surface area (Å²) in [6.07, 6.45) is -0.376. The molecule has 0 radical (unpaired) electrons. The van der Waals surface area contributed by atoms with Gasteiger partial charge < -0.3 is 14.0 Å². The minimum atomic E-state index is -4.10. The summed E-state index contributed by atoms with van der Waals surface area (Å²) in [5.41, 5.74) is 1.93. The van der Waals surface area contributed by atoms with E-state index < -0.39 is 16.3 Å². The van der Waals surface area contributed by atoms with Crippen LogP contribution >= 0.6 is 22.9 Å². The van der Waals surface area contributed by atoms with Crippen molar-refractivity contribution in [3.63, 3.8) is 0 Å². The van der Waals surface area contributed by atoms with Crippen LogP contribution in [-0.4, -0.2) is 25.6 Å². The highest BCUT2D eigenvalue weighted by molar-refractivity contribution is 7.93. The van der Waals surface area contributed by atoms with E-state index in [1.807, 2.05) is 13.0 Å². The number of halogens is 1. The van der Waals surface area contributed by atoms with Gasteiger partial charge in [-0.3, -0.25) is 4.79 Å². The Balaban J connectivity index is 1.60. The Morgan fingerprint density at radius 1 is 1.27 bits per heavy atom. The number of nitrogens with one attached hydrogen (secondary N) is 1. The quantitative estimate of drug-likeness (QED) is 0.536. The number of hydrogen-bond acceptors (Lipinski definition) is 8. The Bertz CT molecular complexity index is 1250. The lowest BCUT2D eigenvalue weighted by atomic mass is 10.0. The van der Waals surface area contributed by atoms with Gasteiger partial charge >= 0.3 is 0 Å². The summed E-state index contributed by atoms with van der Waals surface area (Å²) in [6.45, 7) is 5.22. The summed E-state index contributed by atoms with van der Waals surface area (Å²) in [7, 11) is -4.10. The Labute approximate surface area is 181 Å². The number of aryl methyl sites for hydroxylation is 2. The van der Waals surface area contributed by atoms with Crippen molar-refractivity contribution in [2.75, 3.05) is 4.72 Å². The number of ketones is 1. The molecule has 0 amide bonds. The Morgan fingerprint density at radius 2 is 1.97 bits per heavy atom. The van der Waals surface area contributed by atoms with E-state index in [2.05, 4.69) is 9.88 Å². The number of anilines is 1. The fourth-order valence-corrected chi connectivity index (χ4v) is 5.58. The molecule has 1 atom stereocenters. The number of carbonyl (C=O) groups is 1. The number of fused-ring (bicyclic) bond motifs is 1. The number of ether oxygens (including phenoxy) is 2. The molecule has 1 aliphatic rings. The molecule has 1 aromatic carbocycles. The summed E-state index contributed by atoms with van der Waals surface area (Å²) >= 11 is 7.04. The molecule has 1 aliphatic heterocycles. The molecule has 11 heteroatoms. The second-order valence-electron chi connectivity index (χ2n) is 6.76. The molecule has 4 rings (SSSR count). The van der Waals surface area contributed by atoms with E-state index in [9.17, 15) is 13.2 Å². The third-order valence-electron chi connectivity index (χ3n) is 4.53. The van der Waals surface area contributed by atoms with Crippen LogP contribution in [0.2, 0.25) is 5.02 Å². The first-order chi connectivity index (χ1) is 14.2. The normalized spacial score (nSPS) is 15.4. The van der Waals surface area contributed by atoms with Gasteiger partial charge in [-0.25, -0.2) is 13.1 Å². The zero-order chi connectivity index (χ0) is 21.6. The molecule has 30 heavy (non-hydrogen) atoms. The van der Waals surface area contributed by atoms with Crippen LogP contribution in [0.1, 0.15) is 33.4 Å². The number of benzene rings is 1. The first-order valence-electron chi connectivity index (χ1n) is 8.88. The average molecular weight is 469 g/mol. The van der Waals surface area contributed by atoms with Gasteiger partial charge in [0.2, 0.25) is 6.29 Å². The third kappa shape index (κ3) is 3.78. The van der Waals surface area contributed by atoms with Crippen LogP contribution in [0.3, 0.4) is 0 Å². The molecule has 0 aliphatic carbocycles. The molecule has 0 saturated heterocycles. The number of thiophene rings is 1. The van der Waals surface area contributed by atoms with E-state index in [0.717, 1.165) is 22.5 Å². The van der Waals surface area contributed by atoms with Crippen LogP contribution in [0.15, 0.2) is 33.0 Å². The summed E-state index contributed by atoms with van der Waals surface area (Å²) in [6, 6.07) is 4.93. The topological polar surface area (TPSA) is 108 Å². The first-order valence-corrected chi connectivity index (χ1v) is 11.6. The van der Waals surface area contributed by atoms with Gasteiger partial charge in [0.05, 0.1) is 4.88 Å². The highest BCUT2D eigenvalue weighted by Gasteiger charge is 2.28. The van der Waals surface area contributed by atoms with E-state index in [-0.39, 0.29) is 32.9 Å². The fraction of sp³-hybridized carbons (Fsp3) is 0.263. The molecule has 2 aromatic heterocycles. The summed E-state index contributed by atoms with van der Waals surface area (Å²) < 4.78 is 43.9. The van der Waals surface area contributed by atoms with E-state index >= 15 is 0 Å². The predicted molar refractivity (Wildman–Crippen MR) is 111 cm³/mol. The van der Waals surface area contributed by atoms with Gasteiger partial charge in [-0.05, 0) is 48.6 Å². The molecular weight excluding hydrogens is 452 g/mol. The molecule has 1 unspecified atom stereocenters. The van der Waals surface area contributed by atoms with Gasteiger partial charge in [0.25, 0.3) is 15.9 Å². The largest absolute Gasteiger partial charge is 0.451 e. The molecule has 0 fully saturated rings. The Kier molecular flexibility index (Phi) is 5.25. The molecule has 0 bridgehead atoms.